The van der Waals surface area contributed by atoms with Crippen LogP contribution in [0, 0.1) is 5.82 Å². The Bertz CT molecular complexity index is 763. The van der Waals surface area contributed by atoms with Crippen LogP contribution in [0.15, 0.2) is 29.6 Å². The number of benzene rings is 1. The zero-order valence-electron chi connectivity index (χ0n) is 15.7. The molecule has 2 aromatic rings. The smallest absolute Gasteiger partial charge is 0.229 e. The van der Waals surface area contributed by atoms with Gasteiger partial charge in [-0.15, -0.1) is 36.2 Å². The second-order valence-electron chi connectivity index (χ2n) is 7.43. The molecule has 1 N–H and O–H groups in total. The lowest BCUT2D eigenvalue weighted by Gasteiger charge is -2.36. The summed E-state index contributed by atoms with van der Waals surface area (Å²) >= 11 is 1.60. The molecule has 1 saturated heterocycles. The van der Waals surface area contributed by atoms with Gasteiger partial charge in [-0.05, 0) is 17.7 Å². The Morgan fingerprint density at radius 3 is 2.74 bits per heavy atom. The highest BCUT2D eigenvalue weighted by Gasteiger charge is 2.29. The van der Waals surface area contributed by atoms with Gasteiger partial charge in [0.2, 0.25) is 5.91 Å². The van der Waals surface area contributed by atoms with Crippen molar-refractivity contribution in [3.63, 3.8) is 0 Å². The Morgan fingerprint density at radius 1 is 1.37 bits per heavy atom. The SMILES string of the molecule is CC(C)(C)c1nc(CC(=O)N2CCNCC2c2cccc(F)c2)cs1.Cl.Cl. The quantitative estimate of drug-likeness (QED) is 0.790. The standard InChI is InChI=1S/C19H24FN3OS.2ClH/c1-19(2,3)18-22-15(12-25-18)10-17(24)23-8-7-21-11-16(23)13-5-4-6-14(20)9-13;;/h4-6,9,12,16,21H,7-8,10-11H2,1-3H3;2*1H. The lowest BCUT2D eigenvalue weighted by molar-refractivity contribution is -0.133. The minimum Gasteiger partial charge on any atom is -0.333 e. The number of halogens is 3. The van der Waals surface area contributed by atoms with Gasteiger partial charge in [0, 0.05) is 30.4 Å². The lowest BCUT2D eigenvalue weighted by atomic mass is 9.98. The van der Waals surface area contributed by atoms with Crippen molar-refractivity contribution < 1.29 is 9.18 Å². The first-order chi connectivity index (χ1) is 11.8. The van der Waals surface area contributed by atoms with Crippen molar-refractivity contribution in [1.29, 1.82) is 0 Å². The maximum absolute atomic E-state index is 13.6. The number of nitrogens with one attached hydrogen (secondary N) is 1. The van der Waals surface area contributed by atoms with Crippen LogP contribution < -0.4 is 5.32 Å². The largest absolute Gasteiger partial charge is 0.333 e. The number of rotatable bonds is 3. The monoisotopic (exact) mass is 433 g/mol. The molecule has 4 nitrogen and oxygen atoms in total. The van der Waals surface area contributed by atoms with Gasteiger partial charge in [0.25, 0.3) is 0 Å². The van der Waals surface area contributed by atoms with E-state index in [1.54, 1.807) is 17.4 Å². The molecule has 27 heavy (non-hydrogen) atoms. The molecule has 150 valence electrons. The normalized spacial score (nSPS) is 17.0. The molecular weight excluding hydrogens is 408 g/mol. The van der Waals surface area contributed by atoms with Gasteiger partial charge in [-0.1, -0.05) is 32.9 Å². The fourth-order valence-electron chi connectivity index (χ4n) is 3.00. The molecule has 1 fully saturated rings. The molecule has 1 aromatic heterocycles. The molecule has 0 radical (unpaired) electrons. The van der Waals surface area contributed by atoms with Crippen molar-refractivity contribution in [2.45, 2.75) is 38.6 Å². The van der Waals surface area contributed by atoms with E-state index in [-0.39, 0.29) is 48.0 Å². The number of hydrogen-bond donors (Lipinski definition) is 1. The van der Waals surface area contributed by atoms with Crippen LogP contribution in [0.5, 0.6) is 0 Å². The molecule has 1 aromatic carbocycles. The minimum atomic E-state index is -0.273. The number of aromatic nitrogens is 1. The molecule has 1 aliphatic heterocycles. The molecule has 0 saturated carbocycles. The summed E-state index contributed by atoms with van der Waals surface area (Å²) in [5.41, 5.74) is 1.64. The zero-order chi connectivity index (χ0) is 18.0. The van der Waals surface area contributed by atoms with Gasteiger partial charge in [-0.25, -0.2) is 9.37 Å². The molecule has 2 heterocycles. The first-order valence-electron chi connectivity index (χ1n) is 8.55. The van der Waals surface area contributed by atoms with Crippen LogP contribution in [0.4, 0.5) is 4.39 Å². The van der Waals surface area contributed by atoms with Crippen molar-refractivity contribution in [3.8, 4) is 0 Å². The third kappa shape index (κ3) is 5.88. The van der Waals surface area contributed by atoms with E-state index < -0.39 is 0 Å². The van der Waals surface area contributed by atoms with E-state index in [1.165, 1.54) is 12.1 Å². The topological polar surface area (TPSA) is 45.2 Å². The van der Waals surface area contributed by atoms with Crippen LogP contribution in [0.1, 0.15) is 43.1 Å². The number of piperazine rings is 1. The molecule has 1 aliphatic rings. The Labute approximate surface area is 176 Å². The van der Waals surface area contributed by atoms with Crippen LogP contribution >= 0.6 is 36.2 Å². The molecule has 0 spiro atoms. The Morgan fingerprint density at radius 2 is 2.11 bits per heavy atom. The Hall–Kier alpha value is -1.21. The average Bonchev–Trinajstić information content (AvgIpc) is 3.03. The van der Waals surface area contributed by atoms with Crippen LogP contribution in [0.25, 0.3) is 0 Å². The molecule has 0 aliphatic carbocycles. The average molecular weight is 434 g/mol. The first-order valence-corrected chi connectivity index (χ1v) is 9.43. The predicted octanol–water partition coefficient (Wildman–Crippen LogP) is 4.14. The highest BCUT2D eigenvalue weighted by Crippen LogP contribution is 2.27. The number of nitrogens with zero attached hydrogens (tertiary/aromatic N) is 2. The number of carbonyl (C=O) groups is 1. The van der Waals surface area contributed by atoms with Gasteiger partial charge in [-0.2, -0.15) is 0 Å². The molecule has 1 amide bonds. The second kappa shape index (κ2) is 9.82. The number of amides is 1. The van der Waals surface area contributed by atoms with Crippen LogP contribution in [-0.2, 0) is 16.6 Å². The third-order valence-corrected chi connectivity index (χ3v) is 5.64. The summed E-state index contributed by atoms with van der Waals surface area (Å²) in [7, 11) is 0. The fourth-order valence-corrected chi connectivity index (χ4v) is 3.91. The van der Waals surface area contributed by atoms with Crippen LogP contribution in [0.2, 0.25) is 0 Å². The summed E-state index contributed by atoms with van der Waals surface area (Å²) in [5, 5.41) is 6.30. The molecule has 1 atom stereocenters. The van der Waals surface area contributed by atoms with E-state index >= 15 is 0 Å². The molecule has 3 rings (SSSR count). The summed E-state index contributed by atoms with van der Waals surface area (Å²) in [6.45, 7) is 8.37. The van der Waals surface area contributed by atoms with Gasteiger partial charge in [0.05, 0.1) is 23.2 Å². The maximum Gasteiger partial charge on any atom is 0.229 e. The van der Waals surface area contributed by atoms with Gasteiger partial charge in [0.1, 0.15) is 5.82 Å². The Kier molecular flexibility index (Phi) is 8.67. The van der Waals surface area contributed by atoms with E-state index in [0.29, 0.717) is 19.5 Å². The Balaban J connectivity index is 0.00000182. The summed E-state index contributed by atoms with van der Waals surface area (Å²) in [6.07, 6.45) is 0.290. The molecular formula is C19H26Cl2FN3OS. The zero-order valence-corrected chi connectivity index (χ0v) is 18.1. The summed E-state index contributed by atoms with van der Waals surface area (Å²) in [4.78, 5) is 19.3. The van der Waals surface area contributed by atoms with E-state index in [4.69, 9.17) is 0 Å². The van der Waals surface area contributed by atoms with Gasteiger partial charge >= 0.3 is 0 Å². The van der Waals surface area contributed by atoms with E-state index in [0.717, 1.165) is 22.8 Å². The lowest BCUT2D eigenvalue weighted by Crippen LogP contribution is -2.49. The highest BCUT2D eigenvalue weighted by atomic mass is 35.5. The van der Waals surface area contributed by atoms with Gasteiger partial charge in [-0.3, -0.25) is 4.79 Å². The van der Waals surface area contributed by atoms with E-state index in [9.17, 15) is 9.18 Å². The summed E-state index contributed by atoms with van der Waals surface area (Å²) < 4.78 is 13.6. The van der Waals surface area contributed by atoms with Gasteiger partial charge < -0.3 is 10.2 Å². The molecule has 8 heteroatoms. The first kappa shape index (κ1) is 23.8. The van der Waals surface area contributed by atoms with Crippen molar-refractivity contribution in [2.75, 3.05) is 19.6 Å². The fraction of sp³-hybridized carbons (Fsp3) is 0.474. The van der Waals surface area contributed by atoms with Crippen molar-refractivity contribution in [2.24, 2.45) is 0 Å². The van der Waals surface area contributed by atoms with E-state index in [2.05, 4.69) is 31.1 Å². The maximum atomic E-state index is 13.6. The number of carbonyl (C=O) groups excluding carboxylic acids is 1. The minimum absolute atomic E-state index is 0. The van der Waals surface area contributed by atoms with Crippen molar-refractivity contribution >= 4 is 42.1 Å². The van der Waals surface area contributed by atoms with Crippen molar-refractivity contribution in [3.05, 3.63) is 51.7 Å². The molecule has 1 unspecified atom stereocenters. The van der Waals surface area contributed by atoms with E-state index in [1.807, 2.05) is 16.3 Å². The van der Waals surface area contributed by atoms with Crippen LogP contribution in [-0.4, -0.2) is 35.4 Å². The number of hydrogen-bond acceptors (Lipinski definition) is 4. The third-order valence-electron chi connectivity index (χ3n) is 4.32. The summed E-state index contributed by atoms with van der Waals surface area (Å²) in [5.74, 6) is -0.230. The summed E-state index contributed by atoms with van der Waals surface area (Å²) in [6, 6.07) is 6.37. The number of thiazole rings is 1. The predicted molar refractivity (Wildman–Crippen MR) is 113 cm³/mol. The second-order valence-corrected chi connectivity index (χ2v) is 8.29. The van der Waals surface area contributed by atoms with Gasteiger partial charge in [0.15, 0.2) is 0 Å². The van der Waals surface area contributed by atoms with Crippen LogP contribution in [0.3, 0.4) is 0 Å². The van der Waals surface area contributed by atoms with Crippen molar-refractivity contribution in [1.82, 2.24) is 15.2 Å². The molecule has 0 bridgehead atoms. The highest BCUT2D eigenvalue weighted by molar-refractivity contribution is 7.09.